The average molecular weight is 919 g/mol. The first-order chi connectivity index (χ1) is 30.4. The number of nitrogens with one attached hydrogen (secondary N) is 2. The van der Waals surface area contributed by atoms with E-state index in [1.54, 1.807) is 71.6 Å². The molecule has 4 aromatic rings. The first-order valence-electron chi connectivity index (χ1n) is 20.8. The van der Waals surface area contributed by atoms with Crippen LogP contribution in [0.15, 0.2) is 72.8 Å². The molecule has 0 bridgehead atoms. The van der Waals surface area contributed by atoms with E-state index < -0.39 is 31.8 Å². The number of benzene rings is 4. The topological polar surface area (TPSA) is 204 Å². The summed E-state index contributed by atoms with van der Waals surface area (Å²) in [6.45, 7) is 6.33. The monoisotopic (exact) mass is 918 g/mol. The van der Waals surface area contributed by atoms with Crippen LogP contribution in [0.3, 0.4) is 0 Å². The van der Waals surface area contributed by atoms with E-state index in [9.17, 15) is 36.0 Å². The number of carbonyl (C=O) groups is 4. The van der Waals surface area contributed by atoms with E-state index in [1.165, 1.54) is 26.0 Å². The molecule has 18 heteroatoms. The Balaban J connectivity index is 0.000000213. The van der Waals surface area contributed by atoms with Gasteiger partial charge >= 0.3 is 0 Å². The largest absolute Gasteiger partial charge is 0.493 e. The summed E-state index contributed by atoms with van der Waals surface area (Å²) >= 11 is 0. The summed E-state index contributed by atoms with van der Waals surface area (Å²) in [6, 6.07) is 19.3. The summed E-state index contributed by atoms with van der Waals surface area (Å²) in [6.07, 6.45) is 4.01. The molecule has 2 N–H and O–H groups in total. The van der Waals surface area contributed by atoms with E-state index >= 15 is 0 Å². The van der Waals surface area contributed by atoms with Gasteiger partial charge in [-0.15, -0.1) is 0 Å². The molecular formula is C46H54N4O12S2. The highest BCUT2D eigenvalue weighted by Gasteiger charge is 2.39. The van der Waals surface area contributed by atoms with Crippen LogP contribution in [0.5, 0.6) is 23.0 Å². The zero-order chi connectivity index (χ0) is 46.5. The highest BCUT2D eigenvalue weighted by atomic mass is 32.2. The highest BCUT2D eigenvalue weighted by Crippen LogP contribution is 2.41. The standard InChI is InChI=1S/C24H28N2O6S.C22H26N2O6S/c1-4-32-21-12-16(10-11-20(21)31-2)19(14-33(3,29)30)26-13-17-6-5-7-18(22(17)24(26)28)25-23(27)15-8-9-15;1-5-30-21-11-15(9-10-20(21)29-3)19(13-31(4,27)28)24-12-17-16(22(24)26)7-6-8-18(17)23-14(2)25/h5-7,10-12,15,19H,4,8-9,13-14H2,1-3H3,(H,25,27);6-11,19H,5,12-13H2,1-4H3,(H,23,25)/t2*19-/m11/s1. The van der Waals surface area contributed by atoms with Crippen LogP contribution < -0.4 is 29.6 Å². The lowest BCUT2D eigenvalue weighted by Crippen LogP contribution is -2.34. The van der Waals surface area contributed by atoms with Crippen LogP contribution in [0.2, 0.25) is 0 Å². The van der Waals surface area contributed by atoms with E-state index in [2.05, 4.69) is 10.6 Å². The number of methoxy groups -OCH3 is 2. The van der Waals surface area contributed by atoms with Gasteiger partial charge in [0.15, 0.2) is 23.0 Å². The van der Waals surface area contributed by atoms with Crippen molar-refractivity contribution in [3.8, 4) is 23.0 Å². The van der Waals surface area contributed by atoms with Crippen molar-refractivity contribution in [3.63, 3.8) is 0 Å². The summed E-state index contributed by atoms with van der Waals surface area (Å²) in [4.78, 5) is 53.7. The number of anilines is 2. The molecule has 2 aliphatic heterocycles. The van der Waals surface area contributed by atoms with Crippen LogP contribution in [0.25, 0.3) is 0 Å². The predicted octanol–water partition coefficient (Wildman–Crippen LogP) is 5.98. The van der Waals surface area contributed by atoms with Crippen LogP contribution in [-0.4, -0.2) is 102 Å². The number of amides is 4. The van der Waals surface area contributed by atoms with Gasteiger partial charge in [0, 0.05) is 55.3 Å². The molecule has 16 nitrogen and oxygen atoms in total. The third-order valence-corrected chi connectivity index (χ3v) is 12.7. The van der Waals surface area contributed by atoms with E-state index in [4.69, 9.17) is 18.9 Å². The Bertz CT molecular complexity index is 2670. The second-order valence-electron chi connectivity index (χ2n) is 15.9. The van der Waals surface area contributed by atoms with Crippen molar-refractivity contribution in [2.45, 2.75) is 58.8 Å². The molecule has 0 radical (unpaired) electrons. The van der Waals surface area contributed by atoms with E-state index in [0.717, 1.165) is 30.9 Å². The maximum atomic E-state index is 13.5. The Morgan fingerprint density at radius 2 is 1.20 bits per heavy atom. The number of nitrogens with zero attached hydrogens (tertiary/aromatic N) is 2. The molecule has 342 valence electrons. The van der Waals surface area contributed by atoms with Gasteiger partial charge in [0.25, 0.3) is 11.8 Å². The van der Waals surface area contributed by atoms with Crippen molar-refractivity contribution in [2.24, 2.45) is 5.92 Å². The number of rotatable bonds is 17. The van der Waals surface area contributed by atoms with Crippen molar-refractivity contribution in [2.75, 3.05) is 62.1 Å². The number of ether oxygens (including phenoxy) is 4. The Kier molecular flexibility index (Phi) is 14.6. The summed E-state index contributed by atoms with van der Waals surface area (Å²) in [5.74, 6) is 0.595. The van der Waals surface area contributed by atoms with Gasteiger partial charge < -0.3 is 39.4 Å². The van der Waals surface area contributed by atoms with Crippen LogP contribution >= 0.6 is 0 Å². The van der Waals surface area contributed by atoms with Crippen molar-refractivity contribution < 1.29 is 55.0 Å². The minimum atomic E-state index is -3.43. The first-order valence-corrected chi connectivity index (χ1v) is 24.9. The summed E-state index contributed by atoms with van der Waals surface area (Å²) in [7, 11) is -3.80. The minimum Gasteiger partial charge on any atom is -0.493 e. The van der Waals surface area contributed by atoms with Gasteiger partial charge in [-0.1, -0.05) is 30.3 Å². The van der Waals surface area contributed by atoms with E-state index in [-0.39, 0.29) is 54.1 Å². The molecular weight excluding hydrogens is 865 g/mol. The van der Waals surface area contributed by atoms with Crippen LogP contribution in [0.4, 0.5) is 11.4 Å². The van der Waals surface area contributed by atoms with Crippen LogP contribution in [0.1, 0.15) is 88.7 Å². The fourth-order valence-electron chi connectivity index (χ4n) is 7.88. The number of fused-ring (bicyclic) bond motifs is 2. The Morgan fingerprint density at radius 1 is 0.688 bits per heavy atom. The van der Waals surface area contributed by atoms with Crippen LogP contribution in [0, 0.1) is 5.92 Å². The molecule has 0 spiro atoms. The fourth-order valence-corrected chi connectivity index (χ4v) is 9.77. The maximum Gasteiger partial charge on any atom is 0.257 e. The zero-order valence-electron chi connectivity index (χ0n) is 36.9. The van der Waals surface area contributed by atoms with Gasteiger partial charge in [-0.3, -0.25) is 19.2 Å². The fraction of sp³-hybridized carbons (Fsp3) is 0.391. The normalized spacial score (nSPS) is 15.3. The van der Waals surface area contributed by atoms with E-state index in [0.29, 0.717) is 75.4 Å². The van der Waals surface area contributed by atoms with Crippen molar-refractivity contribution in [1.29, 1.82) is 0 Å². The summed E-state index contributed by atoms with van der Waals surface area (Å²) < 4.78 is 71.1. The van der Waals surface area contributed by atoms with Crippen molar-refractivity contribution in [3.05, 3.63) is 106 Å². The lowest BCUT2D eigenvalue weighted by atomic mass is 10.1. The zero-order valence-corrected chi connectivity index (χ0v) is 38.6. The van der Waals surface area contributed by atoms with Crippen LogP contribution in [-0.2, 0) is 42.4 Å². The highest BCUT2D eigenvalue weighted by molar-refractivity contribution is 7.90. The number of hydrogen-bond acceptors (Lipinski definition) is 12. The molecule has 1 aliphatic carbocycles. The molecule has 0 aromatic heterocycles. The Labute approximate surface area is 374 Å². The molecule has 4 amide bonds. The van der Waals surface area contributed by atoms with E-state index in [1.807, 2.05) is 19.9 Å². The molecule has 64 heavy (non-hydrogen) atoms. The third kappa shape index (κ3) is 11.1. The summed E-state index contributed by atoms with van der Waals surface area (Å²) in [5.41, 5.74) is 4.56. The van der Waals surface area contributed by atoms with Crippen molar-refractivity contribution in [1.82, 2.24) is 9.80 Å². The van der Waals surface area contributed by atoms with Gasteiger partial charge in [-0.2, -0.15) is 0 Å². The van der Waals surface area contributed by atoms with Crippen molar-refractivity contribution >= 4 is 54.7 Å². The molecule has 2 heterocycles. The minimum absolute atomic E-state index is 0.00253. The lowest BCUT2D eigenvalue weighted by molar-refractivity contribution is -0.117. The smallest absolute Gasteiger partial charge is 0.257 e. The second-order valence-corrected chi connectivity index (χ2v) is 20.3. The lowest BCUT2D eigenvalue weighted by Gasteiger charge is -2.28. The number of sulfone groups is 2. The van der Waals surface area contributed by atoms with Gasteiger partial charge in [-0.25, -0.2) is 16.8 Å². The number of carbonyl (C=O) groups excluding carboxylic acids is 4. The molecule has 1 fully saturated rings. The molecule has 3 aliphatic rings. The molecule has 0 saturated heterocycles. The average Bonchev–Trinajstić information content (AvgIpc) is 3.96. The Hall–Kier alpha value is -6.14. The second kappa shape index (κ2) is 19.7. The Morgan fingerprint density at radius 3 is 1.69 bits per heavy atom. The third-order valence-electron chi connectivity index (χ3n) is 10.9. The molecule has 0 unspecified atom stereocenters. The quantitative estimate of drug-likeness (QED) is 0.126. The van der Waals surface area contributed by atoms with Gasteiger partial charge in [0.2, 0.25) is 11.8 Å². The predicted molar refractivity (Wildman–Crippen MR) is 242 cm³/mol. The maximum absolute atomic E-state index is 13.5. The SMILES string of the molecule is CCOc1cc([C@@H](CS(C)(=O)=O)N2Cc3c(NC(C)=O)cccc3C2=O)ccc1OC.CCOc1cc([C@@H](CS(C)(=O)=O)N2Cc3cccc(NC(=O)C4CC4)c3C2=O)ccc1OC. The molecule has 7 rings (SSSR count). The summed E-state index contributed by atoms with van der Waals surface area (Å²) in [5, 5.41) is 5.62. The number of hydrogen-bond donors (Lipinski definition) is 2. The molecule has 1 saturated carbocycles. The van der Waals surface area contributed by atoms with Gasteiger partial charge in [-0.05, 0) is 85.8 Å². The van der Waals surface area contributed by atoms with Gasteiger partial charge in [0.05, 0.1) is 62.3 Å². The van der Waals surface area contributed by atoms with Gasteiger partial charge in [0.1, 0.15) is 19.7 Å². The first kappa shape index (κ1) is 47.3. The molecule has 2 atom stereocenters. The molecule has 4 aromatic carbocycles.